The predicted octanol–water partition coefficient (Wildman–Crippen LogP) is 2.66. The molecule has 0 spiro atoms. The van der Waals surface area contributed by atoms with Crippen LogP contribution in [0.25, 0.3) is 0 Å². The van der Waals surface area contributed by atoms with Gasteiger partial charge in [-0.3, -0.25) is 0 Å². The molecule has 1 fully saturated rings. The monoisotopic (exact) mass is 262 g/mol. The number of rotatable bonds is 6. The summed E-state index contributed by atoms with van der Waals surface area (Å²) in [4.78, 5) is 4.79. The third-order valence-corrected chi connectivity index (χ3v) is 4.04. The Morgan fingerprint density at radius 3 is 2.63 bits per heavy atom. The number of likely N-dealkylation sites (tertiary alicyclic amines) is 1. The molecule has 0 radical (unpaired) electrons. The smallest absolute Gasteiger partial charge is 0.0807 e. The second kappa shape index (κ2) is 6.92. The molecule has 1 heterocycles. The SMILES string of the molecule is CC[C@H](O)c1ccccc1N(C)CCN1CCCC1. The highest BCUT2D eigenvalue weighted by atomic mass is 16.3. The lowest BCUT2D eigenvalue weighted by molar-refractivity contribution is 0.174. The van der Waals surface area contributed by atoms with Crippen LogP contribution in [0.3, 0.4) is 0 Å². The van der Waals surface area contributed by atoms with E-state index < -0.39 is 0 Å². The fourth-order valence-corrected chi connectivity index (χ4v) is 2.75. The van der Waals surface area contributed by atoms with Crippen LogP contribution in [-0.4, -0.2) is 43.2 Å². The Labute approximate surface area is 116 Å². The molecular weight excluding hydrogens is 236 g/mol. The first-order chi connectivity index (χ1) is 9.22. The summed E-state index contributed by atoms with van der Waals surface area (Å²) in [6.07, 6.45) is 3.09. The molecule has 1 atom stereocenters. The molecule has 1 aromatic rings. The van der Waals surface area contributed by atoms with Crippen molar-refractivity contribution in [2.24, 2.45) is 0 Å². The fraction of sp³-hybridized carbons (Fsp3) is 0.625. The standard InChI is InChI=1S/C16H26N2O/c1-3-16(19)14-8-4-5-9-15(14)17(2)12-13-18-10-6-7-11-18/h4-5,8-9,16,19H,3,6-7,10-13H2,1-2H3/t16-/m0/s1. The van der Waals surface area contributed by atoms with Crippen molar-refractivity contribution in [2.45, 2.75) is 32.3 Å². The predicted molar refractivity (Wildman–Crippen MR) is 80.6 cm³/mol. The van der Waals surface area contributed by atoms with E-state index >= 15 is 0 Å². The van der Waals surface area contributed by atoms with Crippen LogP contribution in [0.2, 0.25) is 0 Å². The second-order valence-corrected chi connectivity index (χ2v) is 5.45. The van der Waals surface area contributed by atoms with Crippen LogP contribution in [0, 0.1) is 0 Å². The zero-order valence-electron chi connectivity index (χ0n) is 12.2. The van der Waals surface area contributed by atoms with Gasteiger partial charge in [0, 0.05) is 31.4 Å². The van der Waals surface area contributed by atoms with Crippen LogP contribution in [0.4, 0.5) is 5.69 Å². The molecule has 0 aromatic heterocycles. The maximum Gasteiger partial charge on any atom is 0.0807 e. The molecule has 2 rings (SSSR count). The average molecular weight is 262 g/mol. The summed E-state index contributed by atoms with van der Waals surface area (Å²) in [5.74, 6) is 0. The zero-order valence-corrected chi connectivity index (χ0v) is 12.2. The van der Waals surface area contributed by atoms with E-state index in [1.807, 2.05) is 25.1 Å². The van der Waals surface area contributed by atoms with Crippen LogP contribution >= 0.6 is 0 Å². The summed E-state index contributed by atoms with van der Waals surface area (Å²) in [6, 6.07) is 8.20. The highest BCUT2D eigenvalue weighted by Gasteiger charge is 2.15. The lowest BCUT2D eigenvalue weighted by Crippen LogP contribution is -2.32. The first kappa shape index (κ1) is 14.4. The number of likely N-dealkylation sites (N-methyl/N-ethyl adjacent to an activating group) is 1. The quantitative estimate of drug-likeness (QED) is 0.854. The van der Waals surface area contributed by atoms with Gasteiger partial charge < -0.3 is 14.9 Å². The van der Waals surface area contributed by atoms with Gasteiger partial charge in [0.1, 0.15) is 0 Å². The Hall–Kier alpha value is -1.06. The van der Waals surface area contributed by atoms with Gasteiger partial charge in [0.15, 0.2) is 0 Å². The van der Waals surface area contributed by atoms with Crippen molar-refractivity contribution in [3.63, 3.8) is 0 Å². The topological polar surface area (TPSA) is 26.7 Å². The molecule has 0 amide bonds. The normalized spacial score (nSPS) is 17.6. The summed E-state index contributed by atoms with van der Waals surface area (Å²) in [5.41, 5.74) is 2.21. The van der Waals surface area contributed by atoms with Crippen molar-refractivity contribution >= 4 is 5.69 Å². The maximum absolute atomic E-state index is 10.1. The van der Waals surface area contributed by atoms with Gasteiger partial charge in [-0.2, -0.15) is 0 Å². The minimum absolute atomic E-state index is 0.356. The molecule has 1 aliphatic rings. The number of benzene rings is 1. The molecule has 1 saturated heterocycles. The van der Waals surface area contributed by atoms with E-state index in [0.29, 0.717) is 0 Å². The molecule has 0 saturated carbocycles. The lowest BCUT2D eigenvalue weighted by atomic mass is 10.0. The fourth-order valence-electron chi connectivity index (χ4n) is 2.75. The summed E-state index contributed by atoms with van der Waals surface area (Å²) < 4.78 is 0. The van der Waals surface area contributed by atoms with Gasteiger partial charge in [0.05, 0.1) is 6.10 Å². The first-order valence-corrected chi connectivity index (χ1v) is 7.43. The van der Waals surface area contributed by atoms with Crippen molar-refractivity contribution in [1.82, 2.24) is 4.90 Å². The van der Waals surface area contributed by atoms with Gasteiger partial charge in [-0.1, -0.05) is 25.1 Å². The molecule has 106 valence electrons. The number of aliphatic hydroxyl groups is 1. The molecule has 1 aliphatic heterocycles. The number of hydrogen-bond donors (Lipinski definition) is 1. The van der Waals surface area contributed by atoms with Gasteiger partial charge in [0.25, 0.3) is 0 Å². The van der Waals surface area contributed by atoms with Crippen LogP contribution in [0.5, 0.6) is 0 Å². The van der Waals surface area contributed by atoms with Gasteiger partial charge in [0.2, 0.25) is 0 Å². The first-order valence-electron chi connectivity index (χ1n) is 7.43. The summed E-state index contributed by atoms with van der Waals surface area (Å²) in [7, 11) is 2.12. The number of anilines is 1. The summed E-state index contributed by atoms with van der Waals surface area (Å²) in [5, 5.41) is 10.1. The van der Waals surface area contributed by atoms with Crippen molar-refractivity contribution in [1.29, 1.82) is 0 Å². The number of hydrogen-bond acceptors (Lipinski definition) is 3. The minimum Gasteiger partial charge on any atom is -0.388 e. The van der Waals surface area contributed by atoms with Crippen molar-refractivity contribution in [3.8, 4) is 0 Å². The van der Waals surface area contributed by atoms with Gasteiger partial charge in [-0.15, -0.1) is 0 Å². The Balaban J connectivity index is 1.99. The van der Waals surface area contributed by atoms with Gasteiger partial charge in [-0.25, -0.2) is 0 Å². The molecule has 19 heavy (non-hydrogen) atoms. The maximum atomic E-state index is 10.1. The van der Waals surface area contributed by atoms with E-state index in [2.05, 4.69) is 22.9 Å². The van der Waals surface area contributed by atoms with Crippen LogP contribution in [0.15, 0.2) is 24.3 Å². The van der Waals surface area contributed by atoms with E-state index in [1.54, 1.807) is 0 Å². The molecule has 0 aliphatic carbocycles. The van der Waals surface area contributed by atoms with E-state index in [9.17, 15) is 5.11 Å². The Morgan fingerprint density at radius 2 is 1.95 bits per heavy atom. The van der Waals surface area contributed by atoms with Crippen molar-refractivity contribution in [3.05, 3.63) is 29.8 Å². The van der Waals surface area contributed by atoms with Crippen molar-refractivity contribution < 1.29 is 5.11 Å². The largest absolute Gasteiger partial charge is 0.388 e. The Morgan fingerprint density at radius 1 is 1.26 bits per heavy atom. The van der Waals surface area contributed by atoms with E-state index in [4.69, 9.17) is 0 Å². The number of aliphatic hydroxyl groups excluding tert-OH is 1. The summed E-state index contributed by atoms with van der Waals surface area (Å²) >= 11 is 0. The molecule has 0 unspecified atom stereocenters. The molecular formula is C16H26N2O. The van der Waals surface area contributed by atoms with Crippen LogP contribution in [-0.2, 0) is 0 Å². The zero-order chi connectivity index (χ0) is 13.7. The molecule has 1 N–H and O–H groups in total. The van der Waals surface area contributed by atoms with E-state index in [1.165, 1.54) is 25.9 Å². The second-order valence-electron chi connectivity index (χ2n) is 5.45. The van der Waals surface area contributed by atoms with Gasteiger partial charge in [-0.05, 0) is 38.4 Å². The highest BCUT2D eigenvalue weighted by Crippen LogP contribution is 2.27. The highest BCUT2D eigenvalue weighted by molar-refractivity contribution is 5.54. The van der Waals surface area contributed by atoms with E-state index in [-0.39, 0.29) is 6.10 Å². The van der Waals surface area contributed by atoms with Crippen molar-refractivity contribution in [2.75, 3.05) is 38.1 Å². The third-order valence-electron chi connectivity index (χ3n) is 4.04. The molecule has 3 nitrogen and oxygen atoms in total. The number of para-hydroxylation sites is 1. The average Bonchev–Trinajstić information content (AvgIpc) is 2.97. The van der Waals surface area contributed by atoms with Gasteiger partial charge >= 0.3 is 0 Å². The lowest BCUT2D eigenvalue weighted by Gasteiger charge is -2.26. The molecule has 3 heteroatoms. The van der Waals surface area contributed by atoms with Crippen LogP contribution < -0.4 is 4.90 Å². The molecule has 0 bridgehead atoms. The Kier molecular flexibility index (Phi) is 5.23. The number of nitrogens with zero attached hydrogens (tertiary/aromatic N) is 2. The summed E-state index contributed by atoms with van der Waals surface area (Å²) in [6.45, 7) is 6.65. The van der Waals surface area contributed by atoms with E-state index in [0.717, 1.165) is 30.8 Å². The Bertz CT molecular complexity index is 388. The third kappa shape index (κ3) is 3.71. The minimum atomic E-state index is -0.356. The molecule has 1 aromatic carbocycles. The van der Waals surface area contributed by atoms with Crippen LogP contribution in [0.1, 0.15) is 37.9 Å².